The molecule has 110 valence electrons. The Morgan fingerprint density at radius 1 is 1.30 bits per heavy atom. The van der Waals surface area contributed by atoms with Gasteiger partial charge in [0.05, 0.1) is 11.3 Å². The monoisotopic (exact) mass is 279 g/mol. The van der Waals surface area contributed by atoms with Gasteiger partial charge < -0.3 is 15.5 Å². The molecule has 0 aliphatic carbocycles. The summed E-state index contributed by atoms with van der Waals surface area (Å²) in [5.74, 6) is -1.39. The number of aromatic carboxylic acids is 1. The smallest absolute Gasteiger partial charge is 0.335 e. The molecule has 1 aromatic rings. The number of phenolic OH excluding ortho intramolecular Hbond substituents is 1. The number of carbonyl (C=O) groups excluding carboxylic acids is 1. The fourth-order valence-corrected chi connectivity index (χ4v) is 1.56. The summed E-state index contributed by atoms with van der Waals surface area (Å²) in [6, 6.07) is 3.84. The average molecular weight is 279 g/mol. The lowest BCUT2D eigenvalue weighted by molar-refractivity contribution is -0.117. The van der Waals surface area contributed by atoms with Gasteiger partial charge in [-0.1, -0.05) is 27.7 Å². The highest BCUT2D eigenvalue weighted by Gasteiger charge is 2.23. The Bertz CT molecular complexity index is 517. The molecule has 0 spiro atoms. The predicted molar refractivity (Wildman–Crippen MR) is 76.9 cm³/mol. The molecule has 0 radical (unpaired) electrons. The van der Waals surface area contributed by atoms with E-state index in [2.05, 4.69) is 26.1 Å². The molecule has 1 atom stereocenters. The summed E-state index contributed by atoms with van der Waals surface area (Å²) in [4.78, 5) is 22.6. The van der Waals surface area contributed by atoms with Crippen LogP contribution < -0.4 is 5.32 Å². The normalized spacial score (nSPS) is 12.8. The first-order valence-electron chi connectivity index (χ1n) is 6.47. The number of carboxylic acids is 1. The van der Waals surface area contributed by atoms with Crippen molar-refractivity contribution in [2.24, 2.45) is 11.3 Å². The van der Waals surface area contributed by atoms with E-state index in [1.807, 2.05) is 6.92 Å². The molecule has 0 fully saturated rings. The second kappa shape index (κ2) is 5.94. The Morgan fingerprint density at radius 3 is 2.35 bits per heavy atom. The molecule has 1 rings (SSSR count). The van der Waals surface area contributed by atoms with Crippen molar-refractivity contribution in [3.8, 4) is 5.75 Å². The molecule has 0 saturated heterocycles. The van der Waals surface area contributed by atoms with Crippen molar-refractivity contribution >= 4 is 17.6 Å². The van der Waals surface area contributed by atoms with Gasteiger partial charge in [-0.3, -0.25) is 4.79 Å². The molecule has 0 heterocycles. The van der Waals surface area contributed by atoms with Crippen LogP contribution in [-0.4, -0.2) is 22.1 Å². The molecule has 1 aromatic carbocycles. The third-order valence-corrected chi connectivity index (χ3v) is 3.49. The third kappa shape index (κ3) is 4.26. The fraction of sp³-hybridized carbons (Fsp3) is 0.467. The van der Waals surface area contributed by atoms with E-state index < -0.39 is 5.97 Å². The standard InChI is InChI=1S/C15H21NO4/c1-9(15(2,3)4)7-13(18)16-11-6-5-10(14(19)20)8-12(11)17/h5-6,8-9,17H,7H2,1-4H3,(H,16,18)(H,19,20). The van der Waals surface area contributed by atoms with Crippen LogP contribution in [0.1, 0.15) is 44.5 Å². The van der Waals surface area contributed by atoms with Crippen LogP contribution in [-0.2, 0) is 4.79 Å². The Morgan fingerprint density at radius 2 is 1.90 bits per heavy atom. The maximum Gasteiger partial charge on any atom is 0.335 e. The predicted octanol–water partition coefficient (Wildman–Crippen LogP) is 3.10. The lowest BCUT2D eigenvalue weighted by Crippen LogP contribution is -2.23. The van der Waals surface area contributed by atoms with Crippen LogP contribution in [0.25, 0.3) is 0 Å². The minimum atomic E-state index is -1.13. The summed E-state index contributed by atoms with van der Waals surface area (Å²) < 4.78 is 0. The van der Waals surface area contributed by atoms with E-state index in [9.17, 15) is 14.7 Å². The summed E-state index contributed by atoms with van der Waals surface area (Å²) in [6.45, 7) is 8.17. The Kier molecular flexibility index (Phi) is 4.76. The van der Waals surface area contributed by atoms with Crippen molar-refractivity contribution in [2.45, 2.75) is 34.1 Å². The third-order valence-electron chi connectivity index (χ3n) is 3.49. The number of rotatable bonds is 4. The first kappa shape index (κ1) is 16.0. The van der Waals surface area contributed by atoms with E-state index >= 15 is 0 Å². The highest BCUT2D eigenvalue weighted by atomic mass is 16.4. The average Bonchev–Trinajstić information content (AvgIpc) is 2.30. The van der Waals surface area contributed by atoms with Crippen molar-refractivity contribution in [3.05, 3.63) is 23.8 Å². The number of carbonyl (C=O) groups is 2. The zero-order valence-electron chi connectivity index (χ0n) is 12.2. The first-order chi connectivity index (χ1) is 9.11. The zero-order chi connectivity index (χ0) is 15.5. The maximum atomic E-state index is 11.9. The minimum absolute atomic E-state index is 0.0204. The van der Waals surface area contributed by atoms with Gasteiger partial charge in [-0.25, -0.2) is 4.79 Å². The number of anilines is 1. The highest BCUT2D eigenvalue weighted by molar-refractivity contribution is 5.94. The van der Waals surface area contributed by atoms with Gasteiger partial charge in [0.15, 0.2) is 0 Å². The second-order valence-corrected chi connectivity index (χ2v) is 6.06. The summed E-state index contributed by atoms with van der Waals surface area (Å²) >= 11 is 0. The number of amides is 1. The van der Waals surface area contributed by atoms with Gasteiger partial charge in [-0.2, -0.15) is 0 Å². The molecule has 5 nitrogen and oxygen atoms in total. The van der Waals surface area contributed by atoms with E-state index in [4.69, 9.17) is 5.11 Å². The Labute approximate surface area is 118 Å². The van der Waals surface area contributed by atoms with Crippen LogP contribution in [0.15, 0.2) is 18.2 Å². The minimum Gasteiger partial charge on any atom is -0.506 e. The molecule has 5 heteroatoms. The Hall–Kier alpha value is -2.04. The van der Waals surface area contributed by atoms with Crippen molar-refractivity contribution in [3.63, 3.8) is 0 Å². The van der Waals surface area contributed by atoms with Crippen LogP contribution in [0, 0.1) is 11.3 Å². The maximum absolute atomic E-state index is 11.9. The molecule has 20 heavy (non-hydrogen) atoms. The molecular weight excluding hydrogens is 258 g/mol. The van der Waals surface area contributed by atoms with E-state index in [1.54, 1.807) is 0 Å². The second-order valence-electron chi connectivity index (χ2n) is 6.06. The number of phenols is 1. The van der Waals surface area contributed by atoms with E-state index in [-0.39, 0.29) is 34.2 Å². The number of carboxylic acid groups (broad SMARTS) is 1. The van der Waals surface area contributed by atoms with Crippen molar-refractivity contribution in [1.29, 1.82) is 0 Å². The lowest BCUT2D eigenvalue weighted by Gasteiger charge is -2.26. The summed E-state index contributed by atoms with van der Waals surface area (Å²) in [6.07, 6.45) is 0.337. The van der Waals surface area contributed by atoms with Crippen LogP contribution in [0.5, 0.6) is 5.75 Å². The van der Waals surface area contributed by atoms with Crippen molar-refractivity contribution in [2.75, 3.05) is 5.32 Å². The quantitative estimate of drug-likeness (QED) is 0.739. The Balaban J connectivity index is 2.74. The molecular formula is C15H21NO4. The van der Waals surface area contributed by atoms with Crippen molar-refractivity contribution in [1.82, 2.24) is 0 Å². The summed E-state index contributed by atoms with van der Waals surface area (Å²) in [5.41, 5.74) is 0.219. The van der Waals surface area contributed by atoms with Crippen molar-refractivity contribution < 1.29 is 19.8 Å². The molecule has 0 aliphatic heterocycles. The largest absolute Gasteiger partial charge is 0.506 e. The van der Waals surface area contributed by atoms with Crippen LogP contribution in [0.2, 0.25) is 0 Å². The molecule has 1 unspecified atom stereocenters. The highest BCUT2D eigenvalue weighted by Crippen LogP contribution is 2.29. The van der Waals surface area contributed by atoms with E-state index in [0.29, 0.717) is 6.42 Å². The fourth-order valence-electron chi connectivity index (χ4n) is 1.56. The lowest BCUT2D eigenvalue weighted by atomic mass is 9.80. The molecule has 0 aromatic heterocycles. The number of aromatic hydroxyl groups is 1. The van der Waals surface area contributed by atoms with Gasteiger partial charge in [0, 0.05) is 6.42 Å². The van der Waals surface area contributed by atoms with E-state index in [1.165, 1.54) is 12.1 Å². The van der Waals surface area contributed by atoms with Crippen LogP contribution in [0.3, 0.4) is 0 Å². The molecule has 3 N–H and O–H groups in total. The SMILES string of the molecule is CC(CC(=O)Nc1ccc(C(=O)O)cc1O)C(C)(C)C. The van der Waals surface area contributed by atoms with E-state index in [0.717, 1.165) is 6.07 Å². The van der Waals surface area contributed by atoms with Gasteiger partial charge >= 0.3 is 5.97 Å². The van der Waals surface area contributed by atoms with Gasteiger partial charge in [0.25, 0.3) is 0 Å². The van der Waals surface area contributed by atoms with Crippen LogP contribution in [0.4, 0.5) is 5.69 Å². The van der Waals surface area contributed by atoms with Crippen LogP contribution >= 0.6 is 0 Å². The summed E-state index contributed by atoms with van der Waals surface area (Å²) in [5, 5.41) is 21.1. The molecule has 0 aliphatic rings. The topological polar surface area (TPSA) is 86.6 Å². The number of hydrogen-bond donors (Lipinski definition) is 3. The van der Waals surface area contributed by atoms with Gasteiger partial charge in [0.2, 0.25) is 5.91 Å². The molecule has 0 bridgehead atoms. The number of nitrogens with one attached hydrogen (secondary N) is 1. The summed E-state index contributed by atoms with van der Waals surface area (Å²) in [7, 11) is 0. The van der Waals surface area contributed by atoms with Gasteiger partial charge in [-0.15, -0.1) is 0 Å². The number of hydrogen-bond acceptors (Lipinski definition) is 3. The van der Waals surface area contributed by atoms with Gasteiger partial charge in [-0.05, 0) is 29.5 Å². The first-order valence-corrected chi connectivity index (χ1v) is 6.47. The molecule has 1 amide bonds. The number of benzene rings is 1. The molecule has 0 saturated carbocycles. The zero-order valence-corrected chi connectivity index (χ0v) is 12.2. The van der Waals surface area contributed by atoms with Gasteiger partial charge in [0.1, 0.15) is 5.75 Å².